The van der Waals surface area contributed by atoms with Crippen molar-refractivity contribution in [2.45, 2.75) is 33.0 Å². The van der Waals surface area contributed by atoms with Crippen LogP contribution in [0.25, 0.3) is 0 Å². The number of morpholine rings is 1. The second-order valence-electron chi connectivity index (χ2n) is 6.02. The molecule has 1 aliphatic heterocycles. The van der Waals surface area contributed by atoms with Gasteiger partial charge in [-0.1, -0.05) is 13.8 Å². The summed E-state index contributed by atoms with van der Waals surface area (Å²) in [5, 5.41) is 4.17. The number of thioether (sulfide) groups is 1. The molecular weight excluding hydrogens is 290 g/mol. The van der Waals surface area contributed by atoms with E-state index < -0.39 is 0 Å². The molecule has 1 saturated heterocycles. The molecule has 112 valence electrons. The molecule has 1 aliphatic rings. The molecule has 5 heteroatoms. The first-order valence-electron chi connectivity index (χ1n) is 6.90. The first-order valence-corrected chi connectivity index (χ1v) is 9.23. The minimum absolute atomic E-state index is 0.0130. The average Bonchev–Trinajstić information content (AvgIpc) is 2.91. The smallest absolute Gasteiger partial charge is 0.229 e. The minimum Gasteiger partial charge on any atom is -0.367 e. The van der Waals surface area contributed by atoms with Gasteiger partial charge in [-0.25, -0.2) is 0 Å². The van der Waals surface area contributed by atoms with Crippen LogP contribution in [0.1, 0.15) is 32.4 Å². The predicted molar refractivity (Wildman–Crippen MR) is 86.4 cm³/mol. The van der Waals surface area contributed by atoms with Crippen LogP contribution in [-0.4, -0.2) is 42.0 Å². The zero-order valence-electron chi connectivity index (χ0n) is 12.6. The van der Waals surface area contributed by atoms with Crippen LogP contribution in [0, 0.1) is 5.41 Å². The highest BCUT2D eigenvalue weighted by Crippen LogP contribution is 2.30. The Morgan fingerprint density at radius 1 is 1.55 bits per heavy atom. The predicted octanol–water partition coefficient (Wildman–Crippen LogP) is 3.43. The molecule has 0 spiro atoms. The molecule has 0 bridgehead atoms. The summed E-state index contributed by atoms with van der Waals surface area (Å²) in [6.45, 7) is 7.46. The molecule has 0 unspecified atom stereocenters. The number of rotatable bonds is 4. The van der Waals surface area contributed by atoms with Gasteiger partial charge in [0.15, 0.2) is 0 Å². The molecule has 0 aromatic carbocycles. The zero-order valence-corrected chi connectivity index (χ0v) is 14.2. The number of carbonyl (C=O) groups excluding carboxylic acids is 1. The number of carbonyl (C=O) groups is 1. The Morgan fingerprint density at radius 2 is 2.30 bits per heavy atom. The van der Waals surface area contributed by atoms with Gasteiger partial charge in [-0.05, 0) is 35.6 Å². The highest BCUT2D eigenvalue weighted by molar-refractivity contribution is 7.98. The molecule has 0 N–H and O–H groups in total. The third-order valence-electron chi connectivity index (χ3n) is 3.55. The van der Waals surface area contributed by atoms with Gasteiger partial charge in [-0.2, -0.15) is 23.1 Å². The van der Waals surface area contributed by atoms with Crippen molar-refractivity contribution >= 4 is 29.0 Å². The van der Waals surface area contributed by atoms with Gasteiger partial charge in [0.1, 0.15) is 6.10 Å². The summed E-state index contributed by atoms with van der Waals surface area (Å²) < 4.78 is 5.99. The summed E-state index contributed by atoms with van der Waals surface area (Å²) >= 11 is 3.39. The fourth-order valence-electron chi connectivity index (χ4n) is 2.61. The van der Waals surface area contributed by atoms with Crippen LogP contribution in [-0.2, 0) is 9.53 Å². The van der Waals surface area contributed by atoms with Gasteiger partial charge in [-0.3, -0.25) is 4.79 Å². The molecule has 2 rings (SSSR count). The zero-order chi connectivity index (χ0) is 14.8. The van der Waals surface area contributed by atoms with Crippen molar-refractivity contribution in [3.8, 4) is 0 Å². The lowest BCUT2D eigenvalue weighted by atomic mass is 9.93. The monoisotopic (exact) mass is 313 g/mol. The Bertz CT molecular complexity index is 445. The highest BCUT2D eigenvalue weighted by Gasteiger charge is 2.36. The Morgan fingerprint density at radius 3 is 2.90 bits per heavy atom. The lowest BCUT2D eigenvalue weighted by molar-refractivity contribution is -0.152. The topological polar surface area (TPSA) is 29.5 Å². The summed E-state index contributed by atoms with van der Waals surface area (Å²) in [6.07, 6.45) is 2.15. The maximum absolute atomic E-state index is 12.7. The van der Waals surface area contributed by atoms with Gasteiger partial charge in [0.25, 0.3) is 0 Å². The summed E-state index contributed by atoms with van der Waals surface area (Å²) in [7, 11) is 0. The fraction of sp³-hybridized carbons (Fsp3) is 0.667. The molecule has 0 saturated carbocycles. The van der Waals surface area contributed by atoms with E-state index in [-0.39, 0.29) is 23.5 Å². The molecule has 20 heavy (non-hydrogen) atoms. The standard InChI is InChI=1S/C15H23NO2S2/c1-11-7-16(14(17)15(2,3)10-19-4)8-13(18-11)12-5-6-20-9-12/h5-6,9,11,13H,7-8,10H2,1-4H3/t11-,13-/m0/s1. The number of amides is 1. The number of ether oxygens (including phenoxy) is 1. The van der Waals surface area contributed by atoms with Crippen LogP contribution in [0.3, 0.4) is 0 Å². The van der Waals surface area contributed by atoms with Gasteiger partial charge in [0.05, 0.1) is 18.1 Å². The maximum atomic E-state index is 12.7. The molecule has 1 aromatic rings. The third-order valence-corrected chi connectivity index (χ3v) is 5.26. The van der Waals surface area contributed by atoms with E-state index >= 15 is 0 Å². The lowest BCUT2D eigenvalue weighted by Crippen LogP contribution is -2.50. The molecule has 0 radical (unpaired) electrons. The number of hydrogen-bond acceptors (Lipinski definition) is 4. The Labute approximate surface area is 129 Å². The first-order chi connectivity index (χ1) is 9.44. The molecular formula is C15H23NO2S2. The summed E-state index contributed by atoms with van der Waals surface area (Å²) in [5.41, 5.74) is 0.873. The van der Waals surface area contributed by atoms with Crippen molar-refractivity contribution < 1.29 is 9.53 Å². The SMILES string of the molecule is CSCC(C)(C)C(=O)N1C[C@@H](c2ccsc2)O[C@@H](C)C1. The molecule has 1 aromatic heterocycles. The van der Waals surface area contributed by atoms with E-state index in [4.69, 9.17) is 4.74 Å². The van der Waals surface area contributed by atoms with Crippen LogP contribution in [0.2, 0.25) is 0 Å². The van der Waals surface area contributed by atoms with E-state index in [1.54, 1.807) is 23.1 Å². The van der Waals surface area contributed by atoms with Crippen molar-refractivity contribution in [2.24, 2.45) is 5.41 Å². The number of thiophene rings is 1. The van der Waals surface area contributed by atoms with Gasteiger partial charge in [0.2, 0.25) is 5.91 Å². The Kier molecular flexibility index (Phi) is 5.15. The van der Waals surface area contributed by atoms with Gasteiger partial charge in [-0.15, -0.1) is 0 Å². The van der Waals surface area contributed by atoms with E-state index in [1.807, 2.05) is 31.9 Å². The van der Waals surface area contributed by atoms with Crippen LogP contribution in [0.4, 0.5) is 0 Å². The van der Waals surface area contributed by atoms with Crippen LogP contribution >= 0.6 is 23.1 Å². The van der Waals surface area contributed by atoms with Gasteiger partial charge >= 0.3 is 0 Å². The van der Waals surface area contributed by atoms with Crippen LogP contribution in [0.15, 0.2) is 16.8 Å². The molecule has 1 fully saturated rings. The number of nitrogens with zero attached hydrogens (tertiary/aromatic N) is 1. The maximum Gasteiger partial charge on any atom is 0.229 e. The second-order valence-corrected chi connectivity index (χ2v) is 7.67. The average molecular weight is 313 g/mol. The quantitative estimate of drug-likeness (QED) is 0.853. The lowest BCUT2D eigenvalue weighted by Gasteiger charge is -2.40. The largest absolute Gasteiger partial charge is 0.367 e. The third kappa shape index (κ3) is 3.57. The van der Waals surface area contributed by atoms with Crippen LogP contribution < -0.4 is 0 Å². The van der Waals surface area contributed by atoms with Crippen molar-refractivity contribution in [1.82, 2.24) is 4.90 Å². The first kappa shape index (κ1) is 15.9. The van der Waals surface area contributed by atoms with Crippen molar-refractivity contribution in [2.75, 3.05) is 25.1 Å². The molecule has 0 aliphatic carbocycles. The van der Waals surface area contributed by atoms with E-state index in [1.165, 1.54) is 5.56 Å². The van der Waals surface area contributed by atoms with E-state index in [0.717, 1.165) is 5.75 Å². The van der Waals surface area contributed by atoms with Crippen molar-refractivity contribution in [3.05, 3.63) is 22.4 Å². The number of hydrogen-bond donors (Lipinski definition) is 0. The summed E-state index contributed by atoms with van der Waals surface area (Å²) in [6, 6.07) is 2.09. The van der Waals surface area contributed by atoms with Crippen molar-refractivity contribution in [1.29, 1.82) is 0 Å². The van der Waals surface area contributed by atoms with Gasteiger partial charge < -0.3 is 9.64 Å². The summed E-state index contributed by atoms with van der Waals surface area (Å²) in [5.74, 6) is 1.09. The Balaban J connectivity index is 2.10. The molecule has 1 amide bonds. The van der Waals surface area contributed by atoms with Gasteiger partial charge in [0, 0.05) is 12.3 Å². The summed E-state index contributed by atoms with van der Waals surface area (Å²) in [4.78, 5) is 14.7. The highest BCUT2D eigenvalue weighted by atomic mass is 32.2. The molecule has 2 atom stereocenters. The normalized spacial score (nSPS) is 23.9. The molecule has 3 nitrogen and oxygen atoms in total. The molecule has 2 heterocycles. The van der Waals surface area contributed by atoms with E-state index in [0.29, 0.717) is 13.1 Å². The van der Waals surface area contributed by atoms with E-state index in [2.05, 4.69) is 16.8 Å². The Hall–Kier alpha value is -0.520. The van der Waals surface area contributed by atoms with Crippen molar-refractivity contribution in [3.63, 3.8) is 0 Å². The van der Waals surface area contributed by atoms with E-state index in [9.17, 15) is 4.79 Å². The van der Waals surface area contributed by atoms with Crippen LogP contribution in [0.5, 0.6) is 0 Å². The fourth-order valence-corrected chi connectivity index (χ4v) is 4.16. The minimum atomic E-state index is -0.310. The second kappa shape index (κ2) is 6.50.